The van der Waals surface area contributed by atoms with Crippen LogP contribution in [0.1, 0.15) is 50.5 Å². The molecule has 2 saturated heterocycles. The van der Waals surface area contributed by atoms with Gasteiger partial charge in [-0.25, -0.2) is 8.42 Å². The number of carbonyl (C=O) groups is 1. The number of sulfone groups is 1. The third-order valence-corrected chi connectivity index (χ3v) is 9.59. The fraction of sp³-hybridized carbons (Fsp3) is 0.667. The Morgan fingerprint density at radius 3 is 2.19 bits per heavy atom. The number of amides is 1. The second kappa shape index (κ2) is 6.89. The summed E-state index contributed by atoms with van der Waals surface area (Å²) in [6.45, 7) is 5.40. The molecule has 148 valence electrons. The van der Waals surface area contributed by atoms with Gasteiger partial charge in [-0.05, 0) is 63.1 Å². The molecule has 3 fully saturated rings. The minimum absolute atomic E-state index is 0.151. The number of hydrogen-bond donors (Lipinski definition) is 1. The van der Waals surface area contributed by atoms with Crippen molar-refractivity contribution >= 4 is 15.7 Å². The van der Waals surface area contributed by atoms with Gasteiger partial charge in [-0.15, -0.1) is 0 Å². The van der Waals surface area contributed by atoms with E-state index in [0.29, 0.717) is 31.3 Å². The van der Waals surface area contributed by atoms with Gasteiger partial charge in [-0.1, -0.05) is 30.5 Å². The van der Waals surface area contributed by atoms with Crippen molar-refractivity contribution in [1.29, 1.82) is 0 Å². The maximum Gasteiger partial charge on any atom is 0.244 e. The average Bonchev–Trinajstić information content (AvgIpc) is 3.33. The molecule has 4 rings (SSSR count). The van der Waals surface area contributed by atoms with E-state index in [9.17, 15) is 13.2 Å². The molecule has 1 aliphatic carbocycles. The van der Waals surface area contributed by atoms with Crippen molar-refractivity contribution < 1.29 is 13.2 Å². The van der Waals surface area contributed by atoms with Crippen LogP contribution in [0.5, 0.6) is 0 Å². The average molecular weight is 391 g/mol. The zero-order valence-corrected chi connectivity index (χ0v) is 17.0. The van der Waals surface area contributed by atoms with Crippen LogP contribution in [0.15, 0.2) is 29.2 Å². The summed E-state index contributed by atoms with van der Waals surface area (Å²) in [5.41, 5.74) is 1.34. The second-order valence-electron chi connectivity index (χ2n) is 8.74. The molecule has 1 N–H and O–H groups in total. The first-order valence-electron chi connectivity index (χ1n) is 10.2. The molecule has 0 radical (unpaired) electrons. The Hall–Kier alpha value is -1.40. The molecule has 1 amide bonds. The highest BCUT2D eigenvalue weighted by Crippen LogP contribution is 2.44. The maximum atomic E-state index is 13.5. The zero-order chi connectivity index (χ0) is 19.1. The smallest absolute Gasteiger partial charge is 0.244 e. The van der Waals surface area contributed by atoms with Gasteiger partial charge >= 0.3 is 0 Å². The Morgan fingerprint density at radius 2 is 1.63 bits per heavy atom. The number of carbonyl (C=O) groups excluding carboxylic acids is 1. The Bertz CT molecular complexity index is 794. The maximum absolute atomic E-state index is 13.5. The van der Waals surface area contributed by atoms with E-state index in [0.717, 1.165) is 44.3 Å². The van der Waals surface area contributed by atoms with Crippen molar-refractivity contribution in [2.45, 2.75) is 61.5 Å². The Kier molecular flexibility index (Phi) is 4.83. The summed E-state index contributed by atoms with van der Waals surface area (Å²) in [6, 6.07) is 6.95. The molecule has 0 bridgehead atoms. The van der Waals surface area contributed by atoms with E-state index in [2.05, 4.69) is 5.32 Å². The summed E-state index contributed by atoms with van der Waals surface area (Å²) < 4.78 is 25.8. The highest BCUT2D eigenvalue weighted by atomic mass is 32.2. The van der Waals surface area contributed by atoms with Gasteiger partial charge in [0.25, 0.3) is 0 Å². The fourth-order valence-electron chi connectivity index (χ4n) is 5.18. The van der Waals surface area contributed by atoms with Crippen LogP contribution in [0.3, 0.4) is 0 Å². The molecule has 2 aliphatic heterocycles. The molecular formula is C21H30N2O3S. The normalized spacial score (nSPS) is 24.4. The summed E-state index contributed by atoms with van der Waals surface area (Å²) in [6.07, 6.45) is 5.63. The SMILES string of the molecule is Cc1ccc(S(=O)(=O)C2(C(=O)N3CCC4(CCNC4)CC3)CCCC2)cc1. The number of benzene rings is 1. The van der Waals surface area contributed by atoms with Crippen molar-refractivity contribution in [3.63, 3.8) is 0 Å². The minimum atomic E-state index is -3.70. The van der Waals surface area contributed by atoms with Gasteiger partial charge in [0.2, 0.25) is 5.91 Å². The Labute approximate surface area is 162 Å². The van der Waals surface area contributed by atoms with Crippen molar-refractivity contribution in [3.05, 3.63) is 29.8 Å². The number of aryl methyl sites for hydroxylation is 1. The zero-order valence-electron chi connectivity index (χ0n) is 16.2. The van der Waals surface area contributed by atoms with Gasteiger partial charge in [-0.2, -0.15) is 0 Å². The third-order valence-electron chi connectivity index (χ3n) is 7.09. The van der Waals surface area contributed by atoms with Crippen LogP contribution >= 0.6 is 0 Å². The number of nitrogens with zero attached hydrogens (tertiary/aromatic N) is 1. The van der Waals surface area contributed by atoms with E-state index in [1.807, 2.05) is 24.0 Å². The van der Waals surface area contributed by atoms with E-state index < -0.39 is 14.6 Å². The first kappa shape index (κ1) is 18.9. The van der Waals surface area contributed by atoms with Crippen LogP contribution in [0.4, 0.5) is 0 Å². The lowest BCUT2D eigenvalue weighted by Gasteiger charge is -2.42. The summed E-state index contributed by atoms with van der Waals surface area (Å²) in [5, 5.41) is 3.44. The molecule has 1 aromatic rings. The number of hydrogen-bond acceptors (Lipinski definition) is 4. The fourth-order valence-corrected chi connectivity index (χ4v) is 7.31. The van der Waals surface area contributed by atoms with Crippen LogP contribution in [0.25, 0.3) is 0 Å². The Balaban J connectivity index is 1.60. The molecule has 1 saturated carbocycles. The standard InChI is InChI=1S/C21H30N2O3S/c1-17-4-6-18(7-5-17)27(25,26)21(8-2-3-9-21)19(24)23-14-11-20(12-15-23)10-13-22-16-20/h4-7,22H,2-3,8-16H2,1H3. The lowest BCUT2D eigenvalue weighted by Crippen LogP contribution is -2.55. The lowest BCUT2D eigenvalue weighted by molar-refractivity contribution is -0.136. The van der Waals surface area contributed by atoms with Gasteiger partial charge in [-0.3, -0.25) is 4.79 Å². The summed E-state index contributed by atoms with van der Waals surface area (Å²) >= 11 is 0. The quantitative estimate of drug-likeness (QED) is 0.862. The molecule has 1 aromatic carbocycles. The number of piperidine rings is 1. The molecule has 27 heavy (non-hydrogen) atoms. The van der Waals surface area contributed by atoms with Crippen molar-refractivity contribution in [3.8, 4) is 0 Å². The molecule has 1 spiro atoms. The van der Waals surface area contributed by atoms with Crippen LogP contribution in [-0.4, -0.2) is 50.2 Å². The van der Waals surface area contributed by atoms with Gasteiger partial charge in [0.1, 0.15) is 0 Å². The predicted octanol–water partition coefficient (Wildman–Crippen LogP) is 2.68. The molecular weight excluding hydrogens is 360 g/mol. The van der Waals surface area contributed by atoms with Crippen LogP contribution in [-0.2, 0) is 14.6 Å². The van der Waals surface area contributed by atoms with E-state index in [1.54, 1.807) is 12.1 Å². The highest BCUT2D eigenvalue weighted by Gasteiger charge is 2.55. The number of likely N-dealkylation sites (tertiary alicyclic amines) is 1. The highest BCUT2D eigenvalue weighted by molar-refractivity contribution is 7.93. The van der Waals surface area contributed by atoms with E-state index in [1.165, 1.54) is 6.42 Å². The monoisotopic (exact) mass is 390 g/mol. The van der Waals surface area contributed by atoms with E-state index in [-0.39, 0.29) is 10.8 Å². The first-order valence-corrected chi connectivity index (χ1v) is 11.7. The van der Waals surface area contributed by atoms with Crippen molar-refractivity contribution in [1.82, 2.24) is 10.2 Å². The summed E-state index contributed by atoms with van der Waals surface area (Å²) in [4.78, 5) is 15.7. The predicted molar refractivity (Wildman–Crippen MR) is 105 cm³/mol. The summed E-state index contributed by atoms with van der Waals surface area (Å²) in [5.74, 6) is -0.151. The summed E-state index contributed by atoms with van der Waals surface area (Å²) in [7, 11) is -3.70. The molecule has 3 aliphatic rings. The topological polar surface area (TPSA) is 66.5 Å². The first-order chi connectivity index (χ1) is 12.9. The van der Waals surface area contributed by atoms with Crippen LogP contribution in [0, 0.1) is 12.3 Å². The number of nitrogens with one attached hydrogen (secondary N) is 1. The molecule has 0 atom stereocenters. The third kappa shape index (κ3) is 3.11. The number of rotatable bonds is 3. The Morgan fingerprint density at radius 1 is 1.00 bits per heavy atom. The van der Waals surface area contributed by atoms with Gasteiger partial charge in [0, 0.05) is 19.6 Å². The van der Waals surface area contributed by atoms with Gasteiger partial charge < -0.3 is 10.2 Å². The van der Waals surface area contributed by atoms with Gasteiger partial charge in [0.05, 0.1) is 4.90 Å². The molecule has 5 nitrogen and oxygen atoms in total. The van der Waals surface area contributed by atoms with E-state index >= 15 is 0 Å². The van der Waals surface area contributed by atoms with E-state index in [4.69, 9.17) is 0 Å². The molecule has 0 unspecified atom stereocenters. The largest absolute Gasteiger partial charge is 0.341 e. The van der Waals surface area contributed by atoms with Crippen molar-refractivity contribution in [2.24, 2.45) is 5.41 Å². The molecule has 6 heteroatoms. The van der Waals surface area contributed by atoms with Crippen LogP contribution in [0.2, 0.25) is 0 Å². The van der Waals surface area contributed by atoms with Gasteiger partial charge in [0.15, 0.2) is 14.6 Å². The second-order valence-corrected chi connectivity index (χ2v) is 11.0. The van der Waals surface area contributed by atoms with Crippen LogP contribution < -0.4 is 5.32 Å². The molecule has 2 heterocycles. The van der Waals surface area contributed by atoms with Crippen molar-refractivity contribution in [2.75, 3.05) is 26.2 Å². The lowest BCUT2D eigenvalue weighted by atomic mass is 9.77. The minimum Gasteiger partial charge on any atom is -0.341 e. The molecule has 0 aromatic heterocycles.